The lowest BCUT2D eigenvalue weighted by Gasteiger charge is -2.38. The predicted octanol–water partition coefficient (Wildman–Crippen LogP) is 3.39. The van der Waals surface area contributed by atoms with Gasteiger partial charge in [0.1, 0.15) is 5.75 Å². The van der Waals surface area contributed by atoms with Crippen molar-refractivity contribution in [3.63, 3.8) is 0 Å². The average Bonchev–Trinajstić information content (AvgIpc) is 2.50. The minimum atomic E-state index is -0.648. The van der Waals surface area contributed by atoms with Gasteiger partial charge in [-0.25, -0.2) is 0 Å². The summed E-state index contributed by atoms with van der Waals surface area (Å²) in [6, 6.07) is 3.48. The molecule has 1 N–H and O–H groups in total. The van der Waals surface area contributed by atoms with Crippen LogP contribution < -0.4 is 10.1 Å². The Labute approximate surface area is 141 Å². The van der Waals surface area contributed by atoms with Gasteiger partial charge in [0, 0.05) is 23.2 Å². The number of hydrogen-bond donors (Lipinski definition) is 1. The van der Waals surface area contributed by atoms with E-state index in [2.05, 4.69) is 5.32 Å². The summed E-state index contributed by atoms with van der Waals surface area (Å²) in [7, 11) is 1.49. The number of benzene rings is 1. The first-order valence-corrected chi connectivity index (χ1v) is 8.20. The summed E-state index contributed by atoms with van der Waals surface area (Å²) in [6.45, 7) is 5.79. The predicted molar refractivity (Wildman–Crippen MR) is 91.0 cm³/mol. The molecule has 0 saturated carbocycles. The minimum Gasteiger partial charge on any atom is -0.495 e. The van der Waals surface area contributed by atoms with E-state index >= 15 is 0 Å². The molecule has 1 aromatic rings. The number of piperidine rings is 1. The molecule has 1 aliphatic heterocycles. The monoisotopic (exact) mass is 338 g/mol. The van der Waals surface area contributed by atoms with Gasteiger partial charge < -0.3 is 15.0 Å². The lowest BCUT2D eigenvalue weighted by atomic mass is 9.97. The Kier molecular flexibility index (Phi) is 5.52. The van der Waals surface area contributed by atoms with Gasteiger partial charge in [-0.3, -0.25) is 9.59 Å². The molecule has 23 heavy (non-hydrogen) atoms. The van der Waals surface area contributed by atoms with Crippen LogP contribution in [0, 0.1) is 6.92 Å². The average molecular weight is 339 g/mol. The Morgan fingerprint density at radius 1 is 1.26 bits per heavy atom. The van der Waals surface area contributed by atoms with E-state index < -0.39 is 11.8 Å². The van der Waals surface area contributed by atoms with Crippen LogP contribution in [0.4, 0.5) is 5.69 Å². The maximum absolute atomic E-state index is 12.5. The second kappa shape index (κ2) is 7.21. The number of nitrogens with zero attached hydrogens (tertiary/aromatic N) is 1. The van der Waals surface area contributed by atoms with Crippen LogP contribution in [0.1, 0.15) is 38.7 Å². The van der Waals surface area contributed by atoms with Gasteiger partial charge in [0.15, 0.2) is 0 Å². The number of methoxy groups -OCH3 is 1. The maximum atomic E-state index is 12.5. The first-order chi connectivity index (χ1) is 10.8. The van der Waals surface area contributed by atoms with Crippen LogP contribution in [0.3, 0.4) is 0 Å². The van der Waals surface area contributed by atoms with Crippen molar-refractivity contribution in [3.05, 3.63) is 22.7 Å². The Morgan fingerprint density at radius 2 is 1.87 bits per heavy atom. The third kappa shape index (κ3) is 3.78. The minimum absolute atomic E-state index is 0.0749. The summed E-state index contributed by atoms with van der Waals surface area (Å²) in [5, 5.41) is 3.20. The Morgan fingerprint density at radius 3 is 2.43 bits per heavy atom. The van der Waals surface area contributed by atoms with Crippen LogP contribution >= 0.6 is 11.6 Å². The molecule has 6 heteroatoms. The molecule has 0 aliphatic carbocycles. The third-order valence-corrected chi connectivity index (χ3v) is 4.76. The van der Waals surface area contributed by atoms with Gasteiger partial charge in [0.25, 0.3) is 0 Å². The first kappa shape index (κ1) is 17.6. The zero-order valence-electron chi connectivity index (χ0n) is 14.0. The Balaban J connectivity index is 2.18. The molecule has 2 atom stereocenters. The fourth-order valence-corrected chi connectivity index (χ4v) is 3.20. The van der Waals surface area contributed by atoms with E-state index in [4.69, 9.17) is 16.3 Å². The van der Waals surface area contributed by atoms with E-state index in [9.17, 15) is 9.59 Å². The molecule has 2 amide bonds. The molecule has 2 rings (SSSR count). The van der Waals surface area contributed by atoms with Crippen molar-refractivity contribution in [2.24, 2.45) is 0 Å². The molecule has 1 heterocycles. The van der Waals surface area contributed by atoms with E-state index in [0.717, 1.165) is 24.8 Å². The summed E-state index contributed by atoms with van der Waals surface area (Å²) < 4.78 is 5.23. The van der Waals surface area contributed by atoms with Gasteiger partial charge in [-0.1, -0.05) is 11.6 Å². The second-order valence-corrected chi connectivity index (χ2v) is 6.50. The molecule has 1 aliphatic rings. The van der Waals surface area contributed by atoms with Crippen LogP contribution in [0.15, 0.2) is 12.1 Å². The van der Waals surface area contributed by atoms with Crippen molar-refractivity contribution >= 4 is 29.1 Å². The van der Waals surface area contributed by atoms with E-state index in [-0.39, 0.29) is 12.1 Å². The Hall–Kier alpha value is -1.75. The molecule has 1 saturated heterocycles. The van der Waals surface area contributed by atoms with Crippen LogP contribution in [0.25, 0.3) is 0 Å². The second-order valence-electron chi connectivity index (χ2n) is 6.10. The van der Waals surface area contributed by atoms with Crippen molar-refractivity contribution in [3.8, 4) is 5.75 Å². The number of ether oxygens (including phenoxy) is 1. The van der Waals surface area contributed by atoms with Crippen molar-refractivity contribution < 1.29 is 14.3 Å². The molecule has 126 valence electrons. The highest BCUT2D eigenvalue weighted by molar-refractivity contribution is 6.40. The molecule has 0 radical (unpaired) electrons. The molecule has 2 unspecified atom stereocenters. The number of anilines is 1. The van der Waals surface area contributed by atoms with Crippen molar-refractivity contribution in [1.82, 2.24) is 4.90 Å². The van der Waals surface area contributed by atoms with Crippen LogP contribution in [0.5, 0.6) is 5.75 Å². The van der Waals surface area contributed by atoms with Crippen LogP contribution in [-0.4, -0.2) is 35.9 Å². The van der Waals surface area contributed by atoms with E-state index in [1.807, 2.05) is 20.8 Å². The van der Waals surface area contributed by atoms with E-state index in [1.54, 1.807) is 17.0 Å². The van der Waals surface area contributed by atoms with Crippen molar-refractivity contribution in [2.45, 2.75) is 52.1 Å². The number of halogens is 1. The van der Waals surface area contributed by atoms with E-state index in [1.165, 1.54) is 7.11 Å². The number of nitrogens with one attached hydrogen (secondary N) is 1. The number of aryl methyl sites for hydroxylation is 1. The SMILES string of the molecule is COc1cc(Cl)c(C)cc1NC(=O)C(=O)N1C(C)CCCC1C. The van der Waals surface area contributed by atoms with E-state index in [0.29, 0.717) is 16.5 Å². The third-order valence-electron chi connectivity index (χ3n) is 4.35. The highest BCUT2D eigenvalue weighted by Gasteiger charge is 2.33. The van der Waals surface area contributed by atoms with Crippen LogP contribution in [0.2, 0.25) is 5.02 Å². The molecule has 1 aromatic carbocycles. The summed E-state index contributed by atoms with van der Waals surface area (Å²) in [5.74, 6) is -0.716. The topological polar surface area (TPSA) is 58.6 Å². The standard InChI is InChI=1S/C17H23ClN2O3/c1-10-8-14(15(23-4)9-13(10)18)19-16(21)17(22)20-11(2)6-5-7-12(20)3/h8-9,11-12H,5-7H2,1-4H3,(H,19,21). The molecular weight excluding hydrogens is 316 g/mol. The van der Waals surface area contributed by atoms with Crippen LogP contribution in [-0.2, 0) is 9.59 Å². The smallest absolute Gasteiger partial charge is 0.314 e. The molecule has 0 aromatic heterocycles. The zero-order chi connectivity index (χ0) is 17.1. The first-order valence-electron chi connectivity index (χ1n) is 7.83. The van der Waals surface area contributed by atoms with Gasteiger partial charge in [0.2, 0.25) is 0 Å². The maximum Gasteiger partial charge on any atom is 0.314 e. The zero-order valence-corrected chi connectivity index (χ0v) is 14.7. The normalized spacial score (nSPS) is 21.0. The fourth-order valence-electron chi connectivity index (χ4n) is 3.04. The number of amides is 2. The summed E-state index contributed by atoms with van der Waals surface area (Å²) in [4.78, 5) is 26.6. The van der Waals surface area contributed by atoms with Gasteiger partial charge in [0.05, 0.1) is 12.8 Å². The summed E-state index contributed by atoms with van der Waals surface area (Å²) >= 11 is 6.06. The highest BCUT2D eigenvalue weighted by Crippen LogP contribution is 2.31. The molecule has 5 nitrogen and oxygen atoms in total. The molecular formula is C17H23ClN2O3. The van der Waals surface area contributed by atoms with Crippen molar-refractivity contribution in [2.75, 3.05) is 12.4 Å². The van der Waals surface area contributed by atoms with Gasteiger partial charge in [-0.05, 0) is 51.7 Å². The van der Waals surface area contributed by atoms with Gasteiger partial charge in [-0.2, -0.15) is 0 Å². The molecule has 1 fully saturated rings. The molecule has 0 bridgehead atoms. The fraction of sp³-hybridized carbons (Fsp3) is 0.529. The number of likely N-dealkylation sites (tertiary alicyclic amines) is 1. The molecule has 0 spiro atoms. The van der Waals surface area contributed by atoms with Crippen molar-refractivity contribution in [1.29, 1.82) is 0 Å². The summed E-state index contributed by atoms with van der Waals surface area (Å²) in [5.41, 5.74) is 1.25. The van der Waals surface area contributed by atoms with Gasteiger partial charge in [-0.15, -0.1) is 0 Å². The number of carbonyl (C=O) groups is 2. The largest absolute Gasteiger partial charge is 0.495 e. The number of hydrogen-bond acceptors (Lipinski definition) is 3. The quantitative estimate of drug-likeness (QED) is 0.841. The number of carbonyl (C=O) groups excluding carboxylic acids is 2. The lowest BCUT2D eigenvalue weighted by Crippen LogP contribution is -2.51. The highest BCUT2D eigenvalue weighted by atomic mass is 35.5. The van der Waals surface area contributed by atoms with Gasteiger partial charge >= 0.3 is 11.8 Å². The lowest BCUT2D eigenvalue weighted by molar-refractivity contribution is -0.147. The number of rotatable bonds is 2. The summed E-state index contributed by atoms with van der Waals surface area (Å²) in [6.07, 6.45) is 2.93. The Bertz CT molecular complexity index is 608.